The number of nitrogens with zero attached hydrogens (tertiary/aromatic N) is 4. The van der Waals surface area contributed by atoms with Crippen LogP contribution in [0.15, 0.2) is 42.9 Å². The summed E-state index contributed by atoms with van der Waals surface area (Å²) in [5.41, 5.74) is 3.83. The van der Waals surface area contributed by atoms with E-state index in [4.69, 9.17) is 0 Å². The molecule has 3 aromatic rings. The molecule has 31 heavy (non-hydrogen) atoms. The third kappa shape index (κ3) is 4.77. The first-order valence-electron chi connectivity index (χ1n) is 10.5. The van der Waals surface area contributed by atoms with Gasteiger partial charge in [0.1, 0.15) is 0 Å². The van der Waals surface area contributed by atoms with Crippen LogP contribution in [-0.4, -0.2) is 52.5 Å². The lowest BCUT2D eigenvalue weighted by molar-refractivity contribution is 0.102. The van der Waals surface area contributed by atoms with Crippen LogP contribution in [0.2, 0.25) is 0 Å². The molecule has 0 saturated carbocycles. The number of pyridine rings is 1. The predicted molar refractivity (Wildman–Crippen MR) is 121 cm³/mol. The van der Waals surface area contributed by atoms with Gasteiger partial charge in [-0.2, -0.15) is 0 Å². The zero-order valence-corrected chi connectivity index (χ0v) is 18.6. The summed E-state index contributed by atoms with van der Waals surface area (Å²) >= 11 is 0. The number of fused-ring (bicyclic) bond motifs is 1. The first-order valence-corrected chi connectivity index (χ1v) is 12.4. The topological polar surface area (TPSA) is 97.2 Å². The number of carbonyl (C=O) groups excluding carboxylic acids is 1. The average Bonchev–Trinajstić information content (AvgIpc) is 3.16. The number of sulfonamides is 1. The molecule has 1 amide bonds. The molecule has 1 N–H and O–H groups in total. The number of hydrogen-bond acceptors (Lipinski definition) is 5. The summed E-state index contributed by atoms with van der Waals surface area (Å²) in [5, 5.41) is 2.90. The van der Waals surface area contributed by atoms with Crippen LogP contribution in [-0.2, 0) is 16.6 Å². The van der Waals surface area contributed by atoms with Gasteiger partial charge in [0, 0.05) is 43.1 Å². The molecule has 0 unspecified atom stereocenters. The van der Waals surface area contributed by atoms with Crippen LogP contribution in [0.25, 0.3) is 11.0 Å². The highest BCUT2D eigenvalue weighted by Gasteiger charge is 2.27. The average molecular weight is 442 g/mol. The van der Waals surface area contributed by atoms with Gasteiger partial charge in [0.25, 0.3) is 5.91 Å². The largest absolute Gasteiger partial charge is 0.331 e. The van der Waals surface area contributed by atoms with Crippen LogP contribution < -0.4 is 5.32 Å². The zero-order chi connectivity index (χ0) is 22.0. The molecule has 0 spiro atoms. The van der Waals surface area contributed by atoms with Crippen molar-refractivity contribution in [2.45, 2.75) is 38.6 Å². The van der Waals surface area contributed by atoms with E-state index in [2.05, 4.69) is 26.8 Å². The summed E-state index contributed by atoms with van der Waals surface area (Å²) < 4.78 is 27.3. The minimum absolute atomic E-state index is 0.0428. The van der Waals surface area contributed by atoms with Gasteiger partial charge in [-0.25, -0.2) is 17.7 Å². The fraction of sp³-hybridized carbons (Fsp3) is 0.409. The summed E-state index contributed by atoms with van der Waals surface area (Å²) in [7, 11) is -3.21. The lowest BCUT2D eigenvalue weighted by atomic mass is 9.95. The van der Waals surface area contributed by atoms with Crippen molar-refractivity contribution in [3.63, 3.8) is 0 Å². The summed E-state index contributed by atoms with van der Waals surface area (Å²) in [6.45, 7) is 4.01. The van der Waals surface area contributed by atoms with E-state index < -0.39 is 10.0 Å². The van der Waals surface area contributed by atoms with E-state index in [0.29, 0.717) is 24.3 Å². The molecular formula is C22H27N5O3S. The monoisotopic (exact) mass is 441 g/mol. The van der Waals surface area contributed by atoms with Gasteiger partial charge in [-0.05, 0) is 49.6 Å². The number of anilines is 1. The number of imidazole rings is 1. The molecule has 164 valence electrons. The number of amides is 1. The molecule has 1 aliphatic rings. The molecule has 9 heteroatoms. The molecule has 8 nitrogen and oxygen atoms in total. The number of rotatable bonds is 6. The first-order chi connectivity index (χ1) is 14.8. The molecule has 0 aliphatic carbocycles. The van der Waals surface area contributed by atoms with Crippen molar-refractivity contribution in [1.29, 1.82) is 0 Å². The van der Waals surface area contributed by atoms with E-state index in [9.17, 15) is 13.2 Å². The van der Waals surface area contributed by atoms with Gasteiger partial charge >= 0.3 is 0 Å². The van der Waals surface area contributed by atoms with Gasteiger partial charge in [0.15, 0.2) is 0 Å². The Morgan fingerprint density at radius 3 is 2.77 bits per heavy atom. The van der Waals surface area contributed by atoms with Gasteiger partial charge in [0.05, 0.1) is 29.2 Å². The molecular weight excluding hydrogens is 414 g/mol. The van der Waals surface area contributed by atoms with Crippen LogP contribution in [0.1, 0.15) is 48.2 Å². The van der Waals surface area contributed by atoms with Gasteiger partial charge < -0.3 is 9.88 Å². The van der Waals surface area contributed by atoms with Gasteiger partial charge in [-0.15, -0.1) is 0 Å². The van der Waals surface area contributed by atoms with Crippen LogP contribution >= 0.6 is 0 Å². The second-order valence-electron chi connectivity index (χ2n) is 8.03. The molecule has 0 bridgehead atoms. The summed E-state index contributed by atoms with van der Waals surface area (Å²) in [5.74, 6) is -0.200. The normalized spacial score (nSPS) is 17.7. The molecule has 3 heterocycles. The summed E-state index contributed by atoms with van der Waals surface area (Å²) in [6, 6.07) is 9.26. The molecule has 0 radical (unpaired) electrons. The predicted octanol–water partition coefficient (Wildman–Crippen LogP) is 3.23. The Labute approximate surface area is 182 Å². The smallest absolute Gasteiger partial charge is 0.257 e. The number of carbonyl (C=O) groups is 1. The molecule has 1 aromatic carbocycles. The summed E-state index contributed by atoms with van der Waals surface area (Å²) in [4.78, 5) is 21.5. The maximum Gasteiger partial charge on any atom is 0.257 e. The van der Waals surface area contributed by atoms with Gasteiger partial charge in [-0.1, -0.05) is 6.92 Å². The standard InChI is InChI=1S/C22H27N5O3S/c1-3-10-26-15-24-20-12-18(7-9-21(20)26)25-22(28)16-6-8-19(23-13-16)17-5-4-11-27(14-17)31(2,29)30/h6-9,12-13,15,17H,3-5,10-11,14H2,1-2H3,(H,25,28)/t17-/m1/s1. The van der Waals surface area contributed by atoms with E-state index in [1.807, 2.05) is 30.6 Å². The Morgan fingerprint density at radius 2 is 2.06 bits per heavy atom. The number of benzene rings is 1. The lowest BCUT2D eigenvalue weighted by Crippen LogP contribution is -2.38. The van der Waals surface area contributed by atoms with Crippen molar-refractivity contribution in [3.05, 3.63) is 54.1 Å². The van der Waals surface area contributed by atoms with Crippen LogP contribution in [0.3, 0.4) is 0 Å². The SMILES string of the molecule is CCCn1cnc2cc(NC(=O)c3ccc([C@@H]4CCCN(S(C)(=O)=O)C4)nc3)ccc21. The Kier molecular flexibility index (Phi) is 6.06. The quantitative estimate of drug-likeness (QED) is 0.633. The molecule has 1 atom stereocenters. The van der Waals surface area contributed by atoms with Crippen molar-refractivity contribution in [3.8, 4) is 0 Å². The Bertz CT molecular complexity index is 1190. The van der Waals surface area contributed by atoms with Crippen LogP contribution in [0, 0.1) is 0 Å². The van der Waals surface area contributed by atoms with E-state index in [-0.39, 0.29) is 11.8 Å². The van der Waals surface area contributed by atoms with Gasteiger partial charge in [0.2, 0.25) is 10.0 Å². The van der Waals surface area contributed by atoms with E-state index in [0.717, 1.165) is 42.5 Å². The Hall–Kier alpha value is -2.78. The van der Waals surface area contributed by atoms with Crippen molar-refractivity contribution < 1.29 is 13.2 Å². The number of aromatic nitrogens is 3. The zero-order valence-electron chi connectivity index (χ0n) is 17.8. The minimum Gasteiger partial charge on any atom is -0.331 e. The van der Waals surface area contributed by atoms with Crippen LogP contribution in [0.5, 0.6) is 0 Å². The maximum absolute atomic E-state index is 12.7. The van der Waals surface area contributed by atoms with Crippen LogP contribution in [0.4, 0.5) is 5.69 Å². The highest BCUT2D eigenvalue weighted by atomic mass is 32.2. The fourth-order valence-corrected chi connectivity index (χ4v) is 4.94. The molecule has 1 fully saturated rings. The van der Waals surface area contributed by atoms with Gasteiger partial charge in [-0.3, -0.25) is 9.78 Å². The third-order valence-electron chi connectivity index (χ3n) is 5.66. The van der Waals surface area contributed by atoms with Crippen molar-refractivity contribution in [2.24, 2.45) is 0 Å². The van der Waals surface area contributed by atoms with Crippen molar-refractivity contribution in [1.82, 2.24) is 18.8 Å². The highest BCUT2D eigenvalue weighted by Crippen LogP contribution is 2.27. The molecule has 1 aliphatic heterocycles. The molecule has 4 rings (SSSR count). The maximum atomic E-state index is 12.7. The van der Waals surface area contributed by atoms with E-state index in [1.54, 1.807) is 12.3 Å². The first kappa shape index (κ1) is 21.5. The van der Waals surface area contributed by atoms with Crippen molar-refractivity contribution >= 4 is 32.7 Å². The Balaban J connectivity index is 1.44. The van der Waals surface area contributed by atoms with E-state index in [1.165, 1.54) is 10.6 Å². The summed E-state index contributed by atoms with van der Waals surface area (Å²) in [6.07, 6.45) is 7.33. The number of aryl methyl sites for hydroxylation is 1. The second-order valence-corrected chi connectivity index (χ2v) is 10.0. The van der Waals surface area contributed by atoms with Crippen molar-refractivity contribution in [2.75, 3.05) is 24.7 Å². The second kappa shape index (κ2) is 8.76. The third-order valence-corrected chi connectivity index (χ3v) is 6.93. The highest BCUT2D eigenvalue weighted by molar-refractivity contribution is 7.88. The fourth-order valence-electron chi connectivity index (χ4n) is 4.03. The lowest BCUT2D eigenvalue weighted by Gasteiger charge is -2.30. The number of hydrogen-bond donors (Lipinski definition) is 1. The Morgan fingerprint density at radius 1 is 1.23 bits per heavy atom. The van der Waals surface area contributed by atoms with E-state index >= 15 is 0 Å². The number of piperidine rings is 1. The minimum atomic E-state index is -3.21. The molecule has 1 saturated heterocycles. The molecule has 2 aromatic heterocycles. The number of nitrogens with one attached hydrogen (secondary N) is 1.